The molecule has 0 saturated heterocycles. The second-order valence-electron chi connectivity index (χ2n) is 3.14. The molecule has 0 saturated carbocycles. The van der Waals surface area contributed by atoms with Crippen LogP contribution in [0.15, 0.2) is 30.3 Å². The zero-order valence-electron chi connectivity index (χ0n) is 8.66. The van der Waals surface area contributed by atoms with E-state index in [4.69, 9.17) is 0 Å². The summed E-state index contributed by atoms with van der Waals surface area (Å²) >= 11 is 0. The van der Waals surface area contributed by atoms with E-state index >= 15 is 0 Å². The minimum atomic E-state index is 0.639. The maximum absolute atomic E-state index is 9.17. The third kappa shape index (κ3) is 6.09. The summed E-state index contributed by atoms with van der Waals surface area (Å²) in [6.45, 7) is 6.22. The van der Waals surface area contributed by atoms with Gasteiger partial charge in [-0.1, -0.05) is 51.1 Å². The number of benzene rings is 1. The Morgan fingerprint density at radius 1 is 1.23 bits per heavy atom. The van der Waals surface area contributed by atoms with E-state index in [1.807, 2.05) is 13.0 Å². The zero-order valence-corrected chi connectivity index (χ0v) is 8.66. The Balaban J connectivity index is 0.000000310. The Kier molecular flexibility index (Phi) is 6.89. The summed E-state index contributed by atoms with van der Waals surface area (Å²) in [5.74, 6) is 0.659. The Morgan fingerprint density at radius 2 is 1.69 bits per heavy atom. The SMILES string of the molecule is CC(C)c1ccccc1.CCC=O. The molecule has 0 aromatic heterocycles. The van der Waals surface area contributed by atoms with E-state index in [1.54, 1.807) is 0 Å². The van der Waals surface area contributed by atoms with Crippen LogP contribution in [0.1, 0.15) is 38.7 Å². The van der Waals surface area contributed by atoms with Crippen molar-refractivity contribution in [2.45, 2.75) is 33.1 Å². The molecule has 0 unspecified atom stereocenters. The Labute approximate surface area is 80.8 Å². The van der Waals surface area contributed by atoms with E-state index in [9.17, 15) is 4.79 Å². The first-order valence-electron chi connectivity index (χ1n) is 4.71. The van der Waals surface area contributed by atoms with E-state index in [0.717, 1.165) is 6.29 Å². The van der Waals surface area contributed by atoms with E-state index in [1.165, 1.54) is 5.56 Å². The van der Waals surface area contributed by atoms with Crippen LogP contribution in [0.5, 0.6) is 0 Å². The maximum atomic E-state index is 9.17. The van der Waals surface area contributed by atoms with Crippen LogP contribution in [-0.2, 0) is 4.79 Å². The van der Waals surface area contributed by atoms with Gasteiger partial charge in [0.2, 0.25) is 0 Å². The predicted octanol–water partition coefficient (Wildman–Crippen LogP) is 3.41. The minimum absolute atomic E-state index is 0.639. The first-order valence-corrected chi connectivity index (χ1v) is 4.71. The van der Waals surface area contributed by atoms with Gasteiger partial charge in [-0.15, -0.1) is 0 Å². The molecule has 1 nitrogen and oxygen atoms in total. The molecule has 72 valence electrons. The molecule has 1 aromatic carbocycles. The number of hydrogen-bond donors (Lipinski definition) is 0. The summed E-state index contributed by atoms with van der Waals surface area (Å²) in [5.41, 5.74) is 1.41. The van der Waals surface area contributed by atoms with Crippen LogP contribution < -0.4 is 0 Å². The average Bonchev–Trinajstić information content (AvgIpc) is 2.19. The number of rotatable bonds is 2. The summed E-state index contributed by atoms with van der Waals surface area (Å²) in [6.07, 6.45) is 1.51. The molecule has 0 bridgehead atoms. The lowest BCUT2D eigenvalue weighted by molar-refractivity contribution is -0.107. The van der Waals surface area contributed by atoms with Gasteiger partial charge >= 0.3 is 0 Å². The molecule has 0 radical (unpaired) electrons. The van der Waals surface area contributed by atoms with Gasteiger partial charge in [0.15, 0.2) is 0 Å². The Bertz CT molecular complexity index is 214. The van der Waals surface area contributed by atoms with Crippen molar-refractivity contribution in [1.82, 2.24) is 0 Å². The second kappa shape index (κ2) is 7.53. The lowest BCUT2D eigenvalue weighted by Gasteiger charge is -2.01. The molecule has 1 aromatic rings. The van der Waals surface area contributed by atoms with Crippen molar-refractivity contribution in [1.29, 1.82) is 0 Å². The molecule has 0 aliphatic rings. The molecule has 0 aliphatic carbocycles. The average molecular weight is 178 g/mol. The third-order valence-electron chi connectivity index (χ3n) is 1.63. The van der Waals surface area contributed by atoms with Crippen molar-refractivity contribution >= 4 is 6.29 Å². The van der Waals surface area contributed by atoms with Crippen LogP contribution in [-0.4, -0.2) is 6.29 Å². The highest BCUT2D eigenvalue weighted by atomic mass is 16.1. The van der Waals surface area contributed by atoms with Crippen LogP contribution in [0, 0.1) is 0 Å². The molecule has 0 amide bonds. The Morgan fingerprint density at radius 3 is 1.92 bits per heavy atom. The van der Waals surface area contributed by atoms with Crippen molar-refractivity contribution in [2.75, 3.05) is 0 Å². The second-order valence-corrected chi connectivity index (χ2v) is 3.14. The molecule has 0 atom stereocenters. The lowest BCUT2D eigenvalue weighted by Crippen LogP contribution is -1.83. The van der Waals surface area contributed by atoms with Gasteiger partial charge in [-0.2, -0.15) is 0 Å². The normalized spacial score (nSPS) is 8.92. The van der Waals surface area contributed by atoms with Crippen molar-refractivity contribution in [3.63, 3.8) is 0 Å². The number of carbonyl (C=O) groups is 1. The van der Waals surface area contributed by atoms with E-state index in [2.05, 4.69) is 38.1 Å². The molecular formula is C12H18O. The van der Waals surface area contributed by atoms with Crippen LogP contribution in [0.4, 0.5) is 0 Å². The molecule has 0 N–H and O–H groups in total. The summed E-state index contributed by atoms with van der Waals surface area (Å²) in [7, 11) is 0. The van der Waals surface area contributed by atoms with Crippen LogP contribution in [0.2, 0.25) is 0 Å². The van der Waals surface area contributed by atoms with E-state index < -0.39 is 0 Å². The standard InChI is InChI=1S/C9H12.C3H6O/c1-8(2)9-6-4-3-5-7-9;1-2-3-4/h3-8H,1-2H3;3H,2H2,1H3. The monoisotopic (exact) mass is 178 g/mol. The van der Waals surface area contributed by atoms with Gasteiger partial charge in [0, 0.05) is 6.42 Å². The first kappa shape index (κ1) is 11.9. The largest absolute Gasteiger partial charge is 0.303 e. The molecule has 13 heavy (non-hydrogen) atoms. The molecular weight excluding hydrogens is 160 g/mol. The topological polar surface area (TPSA) is 17.1 Å². The molecule has 1 heteroatoms. The summed E-state index contributed by atoms with van der Waals surface area (Å²) in [6, 6.07) is 10.5. The van der Waals surface area contributed by atoms with E-state index in [-0.39, 0.29) is 0 Å². The number of hydrogen-bond acceptors (Lipinski definition) is 1. The van der Waals surface area contributed by atoms with Crippen molar-refractivity contribution in [3.05, 3.63) is 35.9 Å². The van der Waals surface area contributed by atoms with E-state index in [0.29, 0.717) is 12.3 Å². The van der Waals surface area contributed by atoms with Crippen molar-refractivity contribution in [2.24, 2.45) is 0 Å². The molecule has 0 heterocycles. The number of aldehydes is 1. The van der Waals surface area contributed by atoms with Gasteiger partial charge in [-0.25, -0.2) is 0 Å². The highest BCUT2D eigenvalue weighted by molar-refractivity contribution is 5.48. The fraction of sp³-hybridized carbons (Fsp3) is 0.417. The fourth-order valence-electron chi connectivity index (χ4n) is 0.838. The van der Waals surface area contributed by atoms with Gasteiger partial charge in [-0.3, -0.25) is 0 Å². The van der Waals surface area contributed by atoms with Gasteiger partial charge in [0.1, 0.15) is 6.29 Å². The lowest BCUT2D eigenvalue weighted by atomic mass is 10.0. The van der Waals surface area contributed by atoms with Crippen LogP contribution in [0.25, 0.3) is 0 Å². The summed E-state index contributed by atoms with van der Waals surface area (Å²) in [4.78, 5) is 9.17. The molecule has 0 spiro atoms. The summed E-state index contributed by atoms with van der Waals surface area (Å²) < 4.78 is 0. The highest BCUT2D eigenvalue weighted by Gasteiger charge is 1.93. The minimum Gasteiger partial charge on any atom is -0.303 e. The molecule has 1 rings (SSSR count). The molecule has 0 fully saturated rings. The van der Waals surface area contributed by atoms with Gasteiger partial charge < -0.3 is 4.79 Å². The summed E-state index contributed by atoms with van der Waals surface area (Å²) in [5, 5.41) is 0. The third-order valence-corrected chi connectivity index (χ3v) is 1.63. The molecule has 0 aliphatic heterocycles. The van der Waals surface area contributed by atoms with Crippen molar-refractivity contribution in [3.8, 4) is 0 Å². The predicted molar refractivity (Wildman–Crippen MR) is 56.9 cm³/mol. The maximum Gasteiger partial charge on any atom is 0.119 e. The van der Waals surface area contributed by atoms with Crippen LogP contribution >= 0.6 is 0 Å². The number of carbonyl (C=O) groups excluding carboxylic acids is 1. The van der Waals surface area contributed by atoms with Crippen molar-refractivity contribution < 1.29 is 4.79 Å². The van der Waals surface area contributed by atoms with Gasteiger partial charge in [0.25, 0.3) is 0 Å². The highest BCUT2D eigenvalue weighted by Crippen LogP contribution is 2.11. The smallest absolute Gasteiger partial charge is 0.119 e. The van der Waals surface area contributed by atoms with Gasteiger partial charge in [0.05, 0.1) is 0 Å². The zero-order chi connectivity index (χ0) is 10.1. The van der Waals surface area contributed by atoms with Crippen LogP contribution in [0.3, 0.4) is 0 Å². The fourth-order valence-corrected chi connectivity index (χ4v) is 0.838. The first-order chi connectivity index (χ1) is 6.22. The van der Waals surface area contributed by atoms with Gasteiger partial charge in [-0.05, 0) is 11.5 Å². The quantitative estimate of drug-likeness (QED) is 0.634. The Hall–Kier alpha value is -1.11.